The Kier molecular flexibility index (Phi) is 4.70. The second-order valence-corrected chi connectivity index (χ2v) is 8.00. The molecule has 1 fully saturated rings. The van der Waals surface area contributed by atoms with Gasteiger partial charge in [-0.3, -0.25) is 0 Å². The zero-order valence-electron chi connectivity index (χ0n) is 11.0. The first-order valence-corrected chi connectivity index (χ1v) is 7.38. The van der Waals surface area contributed by atoms with Gasteiger partial charge in [0.1, 0.15) is 0 Å². The molecule has 0 amide bonds. The number of rotatable bonds is 3. The monoisotopic (exact) mass is 274 g/mol. The molecule has 1 aliphatic rings. The van der Waals surface area contributed by atoms with Crippen molar-refractivity contribution in [1.29, 1.82) is 0 Å². The van der Waals surface area contributed by atoms with E-state index in [1.165, 1.54) is 25.7 Å². The first kappa shape index (κ1) is 13.5. The first-order chi connectivity index (χ1) is 6.83. The molecule has 0 bridgehead atoms. The minimum Gasteiger partial charge on any atom is -0.0893 e. The third kappa shape index (κ3) is 3.76. The molecule has 1 heteroatoms. The van der Waals surface area contributed by atoms with Gasteiger partial charge in [0.05, 0.1) is 0 Å². The molecule has 0 aromatic heterocycles. The third-order valence-electron chi connectivity index (χ3n) is 4.51. The summed E-state index contributed by atoms with van der Waals surface area (Å²) in [4.78, 5) is 0.655. The molecule has 0 heterocycles. The lowest BCUT2D eigenvalue weighted by molar-refractivity contribution is 0.0939. The Balaban J connectivity index is 2.56. The second kappa shape index (κ2) is 5.21. The van der Waals surface area contributed by atoms with Crippen LogP contribution in [0.5, 0.6) is 0 Å². The van der Waals surface area contributed by atoms with Crippen LogP contribution in [0, 0.1) is 23.2 Å². The van der Waals surface area contributed by atoms with Crippen molar-refractivity contribution in [2.24, 2.45) is 23.2 Å². The van der Waals surface area contributed by atoms with Crippen LogP contribution in [0.3, 0.4) is 0 Å². The molecule has 0 nitrogen and oxygen atoms in total. The minimum atomic E-state index is 0.511. The molecule has 0 aliphatic heterocycles. The highest BCUT2D eigenvalue weighted by molar-refractivity contribution is 9.09. The molecule has 15 heavy (non-hydrogen) atoms. The smallest absolute Gasteiger partial charge is 0.0122 e. The van der Waals surface area contributed by atoms with Crippen LogP contribution in [0.15, 0.2) is 0 Å². The van der Waals surface area contributed by atoms with Crippen LogP contribution >= 0.6 is 15.9 Å². The molecule has 1 aliphatic carbocycles. The lowest BCUT2D eigenvalue weighted by Gasteiger charge is -2.42. The fourth-order valence-electron chi connectivity index (χ4n) is 3.15. The number of hydrogen-bond acceptors (Lipinski definition) is 0. The Morgan fingerprint density at radius 2 is 1.80 bits per heavy atom. The number of halogens is 1. The molecule has 4 unspecified atom stereocenters. The first-order valence-electron chi connectivity index (χ1n) is 6.47. The van der Waals surface area contributed by atoms with Crippen LogP contribution in [0.4, 0.5) is 0 Å². The minimum absolute atomic E-state index is 0.511. The van der Waals surface area contributed by atoms with E-state index in [4.69, 9.17) is 0 Å². The van der Waals surface area contributed by atoms with Gasteiger partial charge in [0.15, 0.2) is 0 Å². The van der Waals surface area contributed by atoms with Crippen molar-refractivity contribution in [2.75, 3.05) is 0 Å². The lowest BCUT2D eigenvalue weighted by Crippen LogP contribution is -2.33. The van der Waals surface area contributed by atoms with Gasteiger partial charge < -0.3 is 0 Å². The highest BCUT2D eigenvalue weighted by Gasteiger charge is 2.35. The quantitative estimate of drug-likeness (QED) is 0.616. The highest BCUT2D eigenvalue weighted by Crippen LogP contribution is 2.45. The van der Waals surface area contributed by atoms with Gasteiger partial charge >= 0.3 is 0 Å². The van der Waals surface area contributed by atoms with Gasteiger partial charge in [-0.1, -0.05) is 57.0 Å². The topological polar surface area (TPSA) is 0 Å². The second-order valence-electron chi connectivity index (χ2n) is 6.44. The summed E-state index contributed by atoms with van der Waals surface area (Å²) >= 11 is 3.70. The van der Waals surface area contributed by atoms with E-state index in [-0.39, 0.29) is 0 Å². The van der Waals surface area contributed by atoms with E-state index in [0.717, 1.165) is 17.8 Å². The van der Waals surface area contributed by atoms with E-state index in [9.17, 15) is 0 Å². The SMILES string of the molecule is CC(Br)CC(C)(C)C1CCC(C)C(C)C1. The fourth-order valence-corrected chi connectivity index (χ4v) is 3.98. The molecule has 0 radical (unpaired) electrons. The van der Waals surface area contributed by atoms with Crippen molar-refractivity contribution < 1.29 is 0 Å². The van der Waals surface area contributed by atoms with E-state index in [2.05, 4.69) is 50.5 Å². The maximum absolute atomic E-state index is 3.70. The zero-order chi connectivity index (χ0) is 11.6. The third-order valence-corrected chi connectivity index (χ3v) is 4.83. The van der Waals surface area contributed by atoms with Crippen molar-refractivity contribution in [3.63, 3.8) is 0 Å². The van der Waals surface area contributed by atoms with E-state index >= 15 is 0 Å². The Labute approximate surface area is 104 Å². The maximum atomic E-state index is 3.70. The Bertz CT molecular complexity index is 196. The molecule has 0 N–H and O–H groups in total. The molecular formula is C14H27Br. The molecule has 0 spiro atoms. The van der Waals surface area contributed by atoms with Crippen molar-refractivity contribution in [3.8, 4) is 0 Å². The summed E-state index contributed by atoms with van der Waals surface area (Å²) in [6, 6.07) is 0. The van der Waals surface area contributed by atoms with Gasteiger partial charge in [-0.2, -0.15) is 0 Å². The van der Waals surface area contributed by atoms with Crippen LogP contribution < -0.4 is 0 Å². The van der Waals surface area contributed by atoms with Crippen molar-refractivity contribution >= 4 is 15.9 Å². The zero-order valence-corrected chi connectivity index (χ0v) is 12.6. The average molecular weight is 275 g/mol. The van der Waals surface area contributed by atoms with Crippen molar-refractivity contribution in [3.05, 3.63) is 0 Å². The van der Waals surface area contributed by atoms with E-state index < -0.39 is 0 Å². The molecule has 4 atom stereocenters. The predicted molar refractivity (Wildman–Crippen MR) is 72.5 cm³/mol. The molecule has 1 rings (SSSR count). The molecule has 0 aromatic rings. The molecule has 1 saturated carbocycles. The predicted octanol–water partition coefficient (Wildman–Crippen LogP) is 5.26. The van der Waals surface area contributed by atoms with Crippen LogP contribution in [0.2, 0.25) is 0 Å². The van der Waals surface area contributed by atoms with Crippen molar-refractivity contribution in [2.45, 2.75) is 65.1 Å². The Morgan fingerprint density at radius 1 is 1.20 bits per heavy atom. The van der Waals surface area contributed by atoms with Gasteiger partial charge in [0, 0.05) is 4.83 Å². The van der Waals surface area contributed by atoms with Gasteiger partial charge in [0.25, 0.3) is 0 Å². The van der Waals surface area contributed by atoms with Crippen LogP contribution in [-0.2, 0) is 0 Å². The largest absolute Gasteiger partial charge is 0.0893 e. The fraction of sp³-hybridized carbons (Fsp3) is 1.00. The number of hydrogen-bond donors (Lipinski definition) is 0. The van der Waals surface area contributed by atoms with E-state index in [1.807, 2.05) is 0 Å². The van der Waals surface area contributed by atoms with Crippen LogP contribution in [0.25, 0.3) is 0 Å². The summed E-state index contributed by atoms with van der Waals surface area (Å²) in [7, 11) is 0. The maximum Gasteiger partial charge on any atom is 0.0122 e. The molecule has 0 aromatic carbocycles. The summed E-state index contributed by atoms with van der Waals surface area (Å²) in [6.45, 7) is 12.0. The van der Waals surface area contributed by atoms with Crippen LogP contribution in [0.1, 0.15) is 60.3 Å². The normalized spacial score (nSPS) is 35.2. The molecule has 0 saturated heterocycles. The summed E-state index contributed by atoms with van der Waals surface area (Å²) in [5.41, 5.74) is 0.511. The average Bonchev–Trinajstić information content (AvgIpc) is 2.07. The van der Waals surface area contributed by atoms with E-state index in [1.54, 1.807) is 0 Å². The molecular weight excluding hydrogens is 248 g/mol. The summed E-state index contributed by atoms with van der Waals surface area (Å²) < 4.78 is 0. The Morgan fingerprint density at radius 3 is 2.27 bits per heavy atom. The Hall–Kier alpha value is 0.480. The lowest BCUT2D eigenvalue weighted by atomic mass is 9.64. The summed E-state index contributed by atoms with van der Waals surface area (Å²) in [6.07, 6.45) is 5.62. The van der Waals surface area contributed by atoms with Crippen LogP contribution in [-0.4, -0.2) is 4.83 Å². The van der Waals surface area contributed by atoms with Gasteiger partial charge in [-0.05, 0) is 42.4 Å². The standard InChI is InChI=1S/C14H27Br/c1-10-6-7-13(8-11(10)2)14(4,5)9-12(3)15/h10-13H,6-9H2,1-5H3. The van der Waals surface area contributed by atoms with E-state index in [0.29, 0.717) is 10.2 Å². The summed E-state index contributed by atoms with van der Waals surface area (Å²) in [5.74, 6) is 2.80. The van der Waals surface area contributed by atoms with Gasteiger partial charge in [-0.25, -0.2) is 0 Å². The summed E-state index contributed by atoms with van der Waals surface area (Å²) in [5, 5.41) is 0. The highest BCUT2D eigenvalue weighted by atomic mass is 79.9. The van der Waals surface area contributed by atoms with Crippen molar-refractivity contribution in [1.82, 2.24) is 0 Å². The van der Waals surface area contributed by atoms with Gasteiger partial charge in [-0.15, -0.1) is 0 Å². The molecule has 90 valence electrons. The number of alkyl halides is 1. The van der Waals surface area contributed by atoms with Gasteiger partial charge in [0.2, 0.25) is 0 Å².